The van der Waals surface area contributed by atoms with Gasteiger partial charge in [-0.1, -0.05) is 35.3 Å². The standard InChI is InChI=1S/C26H26Cl2N4O3/c1-35-22-9-2-18(3-10-22)16-25(33)32-14-12-31(13-15-32)21-7-4-19(5-8-21)29-26(34)30-20-6-11-23(27)24(28)17-20/h2-11,17H,12-16H2,1H3,(H2,29,30,34). The fourth-order valence-electron chi connectivity index (χ4n) is 3.87. The van der Waals surface area contributed by atoms with Gasteiger partial charge >= 0.3 is 6.03 Å². The van der Waals surface area contributed by atoms with E-state index in [1.165, 1.54) is 0 Å². The summed E-state index contributed by atoms with van der Waals surface area (Å²) in [7, 11) is 1.63. The fraction of sp³-hybridized carbons (Fsp3) is 0.231. The van der Waals surface area contributed by atoms with Crippen LogP contribution in [-0.2, 0) is 11.2 Å². The number of amides is 3. The fourth-order valence-corrected chi connectivity index (χ4v) is 4.16. The number of nitrogens with one attached hydrogen (secondary N) is 2. The van der Waals surface area contributed by atoms with Crippen molar-refractivity contribution in [3.05, 3.63) is 82.3 Å². The van der Waals surface area contributed by atoms with Gasteiger partial charge in [0.05, 0.1) is 23.6 Å². The first-order valence-electron chi connectivity index (χ1n) is 11.2. The van der Waals surface area contributed by atoms with Gasteiger partial charge in [0.2, 0.25) is 5.91 Å². The van der Waals surface area contributed by atoms with Crippen molar-refractivity contribution in [3.63, 3.8) is 0 Å². The van der Waals surface area contributed by atoms with Gasteiger partial charge < -0.3 is 25.2 Å². The second-order valence-corrected chi connectivity index (χ2v) is 8.96. The molecule has 35 heavy (non-hydrogen) atoms. The molecule has 2 N–H and O–H groups in total. The lowest BCUT2D eigenvalue weighted by Crippen LogP contribution is -2.49. The summed E-state index contributed by atoms with van der Waals surface area (Å²) in [4.78, 5) is 29.1. The van der Waals surface area contributed by atoms with Crippen molar-refractivity contribution < 1.29 is 14.3 Å². The van der Waals surface area contributed by atoms with Crippen molar-refractivity contribution in [3.8, 4) is 5.75 Å². The van der Waals surface area contributed by atoms with Crippen molar-refractivity contribution in [2.45, 2.75) is 6.42 Å². The summed E-state index contributed by atoms with van der Waals surface area (Å²) in [6.45, 7) is 2.83. The molecular formula is C26H26Cl2N4O3. The average Bonchev–Trinajstić information content (AvgIpc) is 2.87. The Kier molecular flexibility index (Phi) is 8.00. The zero-order valence-corrected chi connectivity index (χ0v) is 20.8. The van der Waals surface area contributed by atoms with Crippen molar-refractivity contribution in [2.24, 2.45) is 0 Å². The maximum atomic E-state index is 12.7. The zero-order chi connectivity index (χ0) is 24.8. The lowest BCUT2D eigenvalue weighted by molar-refractivity contribution is -0.130. The molecule has 4 rings (SSSR count). The molecule has 1 fully saturated rings. The molecule has 0 atom stereocenters. The molecule has 3 aromatic rings. The third-order valence-electron chi connectivity index (χ3n) is 5.81. The highest BCUT2D eigenvalue weighted by Crippen LogP contribution is 2.25. The van der Waals surface area contributed by atoms with E-state index in [0.29, 0.717) is 40.9 Å². The molecule has 3 aromatic carbocycles. The van der Waals surface area contributed by atoms with Crippen LogP contribution in [0.15, 0.2) is 66.7 Å². The van der Waals surface area contributed by atoms with Crippen molar-refractivity contribution in [1.29, 1.82) is 0 Å². The Morgan fingerprint density at radius 1 is 0.829 bits per heavy atom. The van der Waals surface area contributed by atoms with Crippen LogP contribution in [0.3, 0.4) is 0 Å². The summed E-state index contributed by atoms with van der Waals surface area (Å²) < 4.78 is 5.17. The summed E-state index contributed by atoms with van der Waals surface area (Å²) in [5, 5.41) is 6.33. The first-order valence-corrected chi connectivity index (χ1v) is 12.0. The molecular weight excluding hydrogens is 487 g/mol. The van der Waals surface area contributed by atoms with Gasteiger partial charge in [-0.25, -0.2) is 4.79 Å². The lowest BCUT2D eigenvalue weighted by atomic mass is 10.1. The van der Waals surface area contributed by atoms with E-state index in [1.54, 1.807) is 25.3 Å². The van der Waals surface area contributed by atoms with Crippen LogP contribution in [-0.4, -0.2) is 50.1 Å². The molecule has 182 valence electrons. The Morgan fingerprint density at radius 3 is 2.09 bits per heavy atom. The van der Waals surface area contributed by atoms with Gasteiger partial charge in [0.15, 0.2) is 0 Å². The first kappa shape index (κ1) is 24.7. The summed E-state index contributed by atoms with van der Waals surface area (Å²) >= 11 is 11.9. The number of hydrogen-bond donors (Lipinski definition) is 2. The second kappa shape index (κ2) is 11.3. The summed E-state index contributed by atoms with van der Waals surface area (Å²) in [5.41, 5.74) is 3.24. The number of ether oxygens (including phenoxy) is 1. The lowest BCUT2D eigenvalue weighted by Gasteiger charge is -2.36. The second-order valence-electron chi connectivity index (χ2n) is 8.15. The van der Waals surface area contributed by atoms with Gasteiger partial charge in [-0.15, -0.1) is 0 Å². The number of methoxy groups -OCH3 is 1. The Bertz CT molecular complexity index is 1180. The highest BCUT2D eigenvalue weighted by Gasteiger charge is 2.21. The Hall–Kier alpha value is -3.42. The molecule has 0 aliphatic carbocycles. The van der Waals surface area contributed by atoms with Crippen LogP contribution in [0.4, 0.5) is 21.9 Å². The monoisotopic (exact) mass is 512 g/mol. The minimum Gasteiger partial charge on any atom is -0.497 e. The van der Waals surface area contributed by atoms with Crippen LogP contribution in [0.25, 0.3) is 0 Å². The Balaban J connectivity index is 1.25. The molecule has 1 aliphatic heterocycles. The topological polar surface area (TPSA) is 73.9 Å². The van der Waals surface area contributed by atoms with Crippen molar-refractivity contribution in [2.75, 3.05) is 48.8 Å². The predicted molar refractivity (Wildman–Crippen MR) is 141 cm³/mol. The van der Waals surface area contributed by atoms with E-state index >= 15 is 0 Å². The highest BCUT2D eigenvalue weighted by atomic mass is 35.5. The molecule has 0 radical (unpaired) electrons. The quantitative estimate of drug-likeness (QED) is 0.454. The highest BCUT2D eigenvalue weighted by molar-refractivity contribution is 6.42. The van der Waals surface area contributed by atoms with Crippen molar-refractivity contribution >= 4 is 52.2 Å². The van der Waals surface area contributed by atoms with Gasteiger partial charge in [0.1, 0.15) is 5.75 Å². The number of urea groups is 1. The maximum Gasteiger partial charge on any atom is 0.323 e. The van der Waals surface area contributed by atoms with E-state index < -0.39 is 0 Å². The van der Waals surface area contributed by atoms with Gasteiger partial charge in [-0.05, 0) is 60.2 Å². The third kappa shape index (κ3) is 6.59. The molecule has 9 heteroatoms. The molecule has 3 amide bonds. The average molecular weight is 513 g/mol. The number of halogens is 2. The maximum absolute atomic E-state index is 12.7. The van der Waals surface area contributed by atoms with Crippen LogP contribution in [0.1, 0.15) is 5.56 Å². The molecule has 0 spiro atoms. The van der Waals surface area contributed by atoms with Gasteiger partial charge in [-0.3, -0.25) is 4.79 Å². The van der Waals surface area contributed by atoms with E-state index in [4.69, 9.17) is 27.9 Å². The third-order valence-corrected chi connectivity index (χ3v) is 6.55. The minimum absolute atomic E-state index is 0.127. The van der Waals surface area contributed by atoms with Crippen LogP contribution < -0.4 is 20.3 Å². The van der Waals surface area contributed by atoms with Crippen LogP contribution in [0.5, 0.6) is 5.75 Å². The van der Waals surface area contributed by atoms with Crippen LogP contribution in [0, 0.1) is 0 Å². The van der Waals surface area contributed by atoms with E-state index in [0.717, 1.165) is 30.1 Å². The van der Waals surface area contributed by atoms with Crippen molar-refractivity contribution in [1.82, 2.24) is 4.90 Å². The Labute approximate surface area is 214 Å². The number of benzene rings is 3. The molecule has 0 unspecified atom stereocenters. The number of rotatable bonds is 6. The normalized spacial score (nSPS) is 13.3. The number of piperazine rings is 1. The molecule has 1 aliphatic rings. The summed E-state index contributed by atoms with van der Waals surface area (Å²) in [6, 6.07) is 19.7. The number of carbonyl (C=O) groups is 2. The van der Waals surface area contributed by atoms with E-state index in [9.17, 15) is 9.59 Å². The number of carbonyl (C=O) groups excluding carboxylic acids is 2. The van der Waals surface area contributed by atoms with Crippen LogP contribution in [0.2, 0.25) is 10.0 Å². The first-order chi connectivity index (χ1) is 16.9. The minimum atomic E-state index is -0.375. The summed E-state index contributed by atoms with van der Waals surface area (Å²) in [6.07, 6.45) is 0.384. The van der Waals surface area contributed by atoms with Crippen LogP contribution >= 0.6 is 23.2 Å². The number of anilines is 3. The molecule has 0 bridgehead atoms. The predicted octanol–water partition coefficient (Wildman–Crippen LogP) is 5.54. The molecule has 7 nitrogen and oxygen atoms in total. The zero-order valence-electron chi connectivity index (χ0n) is 19.3. The van der Waals surface area contributed by atoms with Gasteiger partial charge in [0.25, 0.3) is 0 Å². The molecule has 1 heterocycles. The van der Waals surface area contributed by atoms with Gasteiger partial charge in [0, 0.05) is 43.2 Å². The van der Waals surface area contributed by atoms with E-state index in [-0.39, 0.29) is 11.9 Å². The molecule has 0 saturated carbocycles. The summed E-state index contributed by atoms with van der Waals surface area (Å²) in [5.74, 6) is 0.908. The van der Waals surface area contributed by atoms with E-state index in [1.807, 2.05) is 53.4 Å². The Morgan fingerprint density at radius 2 is 1.46 bits per heavy atom. The largest absolute Gasteiger partial charge is 0.497 e. The SMILES string of the molecule is COc1ccc(CC(=O)N2CCN(c3ccc(NC(=O)Nc4ccc(Cl)c(Cl)c4)cc3)CC2)cc1. The molecule has 1 saturated heterocycles. The number of nitrogens with zero attached hydrogens (tertiary/aromatic N) is 2. The smallest absolute Gasteiger partial charge is 0.323 e. The van der Waals surface area contributed by atoms with E-state index in [2.05, 4.69) is 15.5 Å². The van der Waals surface area contributed by atoms with Gasteiger partial charge in [-0.2, -0.15) is 0 Å². The molecule has 0 aromatic heterocycles. The number of hydrogen-bond acceptors (Lipinski definition) is 4.